The minimum atomic E-state index is -1.03. The molecule has 98 valence electrons. The van der Waals surface area contributed by atoms with Gasteiger partial charge in [-0.25, -0.2) is 9.78 Å². The smallest absolute Gasteiger partial charge is 0.339 e. The van der Waals surface area contributed by atoms with E-state index in [1.54, 1.807) is 6.20 Å². The van der Waals surface area contributed by atoms with Gasteiger partial charge >= 0.3 is 5.97 Å². The predicted octanol–water partition coefficient (Wildman–Crippen LogP) is 2.26. The highest BCUT2D eigenvalue weighted by molar-refractivity contribution is 9.10. The summed E-state index contributed by atoms with van der Waals surface area (Å²) in [4.78, 5) is 15.2. The third-order valence-corrected chi connectivity index (χ3v) is 3.57. The molecule has 5 nitrogen and oxygen atoms in total. The molecule has 6 heteroatoms. The molecular weight excluding hydrogens is 300 g/mol. The topological polar surface area (TPSA) is 82.5 Å². The Morgan fingerprint density at radius 2 is 2.17 bits per heavy atom. The number of carbonyl (C=O) groups is 1. The lowest BCUT2D eigenvalue weighted by molar-refractivity contribution is 0.0696. The summed E-state index contributed by atoms with van der Waals surface area (Å²) in [6.45, 7) is 0. The van der Waals surface area contributed by atoms with Crippen LogP contribution in [0, 0.1) is 0 Å². The van der Waals surface area contributed by atoms with Gasteiger partial charge in [-0.2, -0.15) is 0 Å². The zero-order valence-corrected chi connectivity index (χ0v) is 11.4. The zero-order chi connectivity index (χ0) is 13.1. The van der Waals surface area contributed by atoms with E-state index in [9.17, 15) is 9.90 Å². The van der Waals surface area contributed by atoms with Crippen molar-refractivity contribution in [2.45, 2.75) is 37.8 Å². The molecule has 1 aliphatic rings. The average molecular weight is 315 g/mol. The molecule has 1 fully saturated rings. The molecule has 1 aromatic rings. The lowest BCUT2D eigenvalue weighted by atomic mass is 9.92. The number of halogens is 1. The molecule has 1 aliphatic carbocycles. The number of carboxylic acid groups (broad SMARTS) is 1. The van der Waals surface area contributed by atoms with Crippen LogP contribution in [0.1, 0.15) is 36.0 Å². The highest BCUT2D eigenvalue weighted by Gasteiger charge is 2.24. The molecule has 0 saturated heterocycles. The van der Waals surface area contributed by atoms with E-state index < -0.39 is 12.1 Å². The number of carboxylic acids is 1. The molecule has 1 aromatic heterocycles. The predicted molar refractivity (Wildman–Crippen MR) is 70.8 cm³/mol. The van der Waals surface area contributed by atoms with Gasteiger partial charge in [0.2, 0.25) is 0 Å². The van der Waals surface area contributed by atoms with Crippen molar-refractivity contribution in [2.24, 2.45) is 0 Å². The molecule has 2 unspecified atom stereocenters. The maximum Gasteiger partial charge on any atom is 0.339 e. The minimum absolute atomic E-state index is 0.113. The molecule has 0 bridgehead atoms. The van der Waals surface area contributed by atoms with Crippen molar-refractivity contribution in [1.82, 2.24) is 4.98 Å². The summed E-state index contributed by atoms with van der Waals surface area (Å²) in [6.07, 6.45) is 4.73. The molecule has 18 heavy (non-hydrogen) atoms. The van der Waals surface area contributed by atoms with Gasteiger partial charge in [0, 0.05) is 10.7 Å². The third-order valence-electron chi connectivity index (χ3n) is 3.14. The summed E-state index contributed by atoms with van der Waals surface area (Å²) in [5.74, 6) is -0.715. The Hall–Kier alpha value is -1.14. The molecule has 1 saturated carbocycles. The molecule has 1 heterocycles. The highest BCUT2D eigenvalue weighted by atomic mass is 79.9. The van der Waals surface area contributed by atoms with Gasteiger partial charge < -0.3 is 15.5 Å². The molecule has 2 atom stereocenters. The number of rotatable bonds is 3. The highest BCUT2D eigenvalue weighted by Crippen LogP contribution is 2.24. The van der Waals surface area contributed by atoms with Crippen molar-refractivity contribution in [3.8, 4) is 0 Å². The number of pyridine rings is 1. The normalized spacial score (nSPS) is 23.7. The molecular formula is C12H15BrN2O3. The molecule has 0 aromatic carbocycles. The van der Waals surface area contributed by atoms with Gasteiger partial charge in [-0.3, -0.25) is 0 Å². The first-order valence-electron chi connectivity index (χ1n) is 5.91. The largest absolute Gasteiger partial charge is 0.478 e. The molecule has 0 spiro atoms. The Morgan fingerprint density at radius 1 is 1.44 bits per heavy atom. The van der Waals surface area contributed by atoms with Crippen LogP contribution in [0.2, 0.25) is 0 Å². The van der Waals surface area contributed by atoms with Crippen LogP contribution in [0.4, 0.5) is 5.82 Å². The first kappa shape index (κ1) is 13.3. The van der Waals surface area contributed by atoms with Crippen LogP contribution in [0.25, 0.3) is 0 Å². The van der Waals surface area contributed by atoms with E-state index in [0.29, 0.717) is 10.3 Å². The van der Waals surface area contributed by atoms with Gasteiger partial charge in [-0.05, 0) is 34.8 Å². The number of aromatic carboxylic acids is 1. The Morgan fingerprint density at radius 3 is 2.83 bits per heavy atom. The monoisotopic (exact) mass is 314 g/mol. The van der Waals surface area contributed by atoms with Gasteiger partial charge in [-0.1, -0.05) is 12.8 Å². The van der Waals surface area contributed by atoms with Crippen LogP contribution in [0.3, 0.4) is 0 Å². The van der Waals surface area contributed by atoms with Gasteiger partial charge in [-0.15, -0.1) is 0 Å². The molecule has 2 rings (SSSR count). The number of hydrogen-bond acceptors (Lipinski definition) is 4. The summed E-state index contributed by atoms with van der Waals surface area (Å²) < 4.78 is 0.620. The molecule has 0 radical (unpaired) electrons. The van der Waals surface area contributed by atoms with Crippen LogP contribution < -0.4 is 5.32 Å². The average Bonchev–Trinajstić information content (AvgIpc) is 2.34. The van der Waals surface area contributed by atoms with Crippen molar-refractivity contribution in [3.05, 3.63) is 22.3 Å². The fourth-order valence-corrected chi connectivity index (χ4v) is 2.50. The van der Waals surface area contributed by atoms with E-state index >= 15 is 0 Å². The summed E-state index contributed by atoms with van der Waals surface area (Å²) in [6, 6.07) is 1.39. The van der Waals surface area contributed by atoms with E-state index in [1.807, 2.05) is 0 Å². The minimum Gasteiger partial charge on any atom is -0.478 e. The van der Waals surface area contributed by atoms with Gasteiger partial charge in [0.15, 0.2) is 0 Å². The van der Waals surface area contributed by atoms with Crippen LogP contribution in [0.15, 0.2) is 16.7 Å². The number of anilines is 1. The fraction of sp³-hybridized carbons (Fsp3) is 0.500. The number of nitrogens with one attached hydrogen (secondary N) is 1. The maximum atomic E-state index is 11.1. The molecule has 0 aliphatic heterocycles. The fourth-order valence-electron chi connectivity index (χ4n) is 2.17. The lowest BCUT2D eigenvalue weighted by Gasteiger charge is -2.29. The van der Waals surface area contributed by atoms with Gasteiger partial charge in [0.25, 0.3) is 0 Å². The Balaban J connectivity index is 2.20. The van der Waals surface area contributed by atoms with Crippen LogP contribution >= 0.6 is 15.9 Å². The number of aliphatic hydroxyl groups excluding tert-OH is 1. The number of hydrogen-bond donors (Lipinski definition) is 3. The zero-order valence-electron chi connectivity index (χ0n) is 9.77. The van der Waals surface area contributed by atoms with Crippen LogP contribution in [-0.2, 0) is 0 Å². The van der Waals surface area contributed by atoms with Gasteiger partial charge in [0.05, 0.1) is 12.1 Å². The van der Waals surface area contributed by atoms with E-state index in [0.717, 1.165) is 25.7 Å². The van der Waals surface area contributed by atoms with E-state index in [4.69, 9.17) is 5.11 Å². The SMILES string of the molecule is O=C(O)c1cc(Br)cnc1NC1CCCCC1O. The van der Waals surface area contributed by atoms with Crippen molar-refractivity contribution < 1.29 is 15.0 Å². The number of aromatic nitrogens is 1. The maximum absolute atomic E-state index is 11.1. The van der Waals surface area contributed by atoms with E-state index in [2.05, 4.69) is 26.2 Å². The lowest BCUT2D eigenvalue weighted by Crippen LogP contribution is -2.37. The summed E-state index contributed by atoms with van der Waals surface area (Å²) in [7, 11) is 0. The van der Waals surface area contributed by atoms with E-state index in [1.165, 1.54) is 6.07 Å². The summed E-state index contributed by atoms with van der Waals surface area (Å²) in [5.41, 5.74) is 0.113. The first-order chi connectivity index (χ1) is 8.58. The standard InChI is InChI=1S/C12H15BrN2O3/c13-7-5-8(12(17)18)11(14-6-7)15-9-3-1-2-4-10(9)16/h5-6,9-10,16H,1-4H2,(H,14,15)(H,17,18). The van der Waals surface area contributed by atoms with Crippen molar-refractivity contribution >= 4 is 27.7 Å². The second-order valence-corrected chi connectivity index (χ2v) is 5.37. The van der Waals surface area contributed by atoms with Crippen molar-refractivity contribution in [3.63, 3.8) is 0 Å². The van der Waals surface area contributed by atoms with Crippen LogP contribution in [-0.4, -0.2) is 33.3 Å². The van der Waals surface area contributed by atoms with Crippen LogP contribution in [0.5, 0.6) is 0 Å². The number of aliphatic hydroxyl groups is 1. The Bertz CT molecular complexity index is 453. The molecule has 0 amide bonds. The Kier molecular flexibility index (Phi) is 4.19. The van der Waals surface area contributed by atoms with Crippen molar-refractivity contribution in [2.75, 3.05) is 5.32 Å². The van der Waals surface area contributed by atoms with Crippen molar-refractivity contribution in [1.29, 1.82) is 0 Å². The summed E-state index contributed by atoms with van der Waals surface area (Å²) >= 11 is 3.20. The Labute approximate surface area is 113 Å². The quantitative estimate of drug-likeness (QED) is 0.797. The first-order valence-corrected chi connectivity index (χ1v) is 6.70. The summed E-state index contributed by atoms with van der Waals surface area (Å²) in [5, 5.41) is 22.0. The number of nitrogens with zero attached hydrogens (tertiary/aromatic N) is 1. The molecule has 3 N–H and O–H groups in total. The third kappa shape index (κ3) is 3.00. The second kappa shape index (κ2) is 5.67. The van der Waals surface area contributed by atoms with Gasteiger partial charge in [0.1, 0.15) is 11.4 Å². The second-order valence-electron chi connectivity index (χ2n) is 4.46. The van der Waals surface area contributed by atoms with E-state index in [-0.39, 0.29) is 11.6 Å².